The second kappa shape index (κ2) is 16.3. The van der Waals surface area contributed by atoms with Gasteiger partial charge in [0.25, 0.3) is 0 Å². The molecule has 0 N–H and O–H groups in total. The largest absolute Gasteiger partial charge is 0.311 e. The molecular weight excluding hydrogens is 871 g/mol. The summed E-state index contributed by atoms with van der Waals surface area (Å²) in [5.41, 5.74) is 15.2. The fraction of sp³-hybridized carbons (Fsp3) is 0. The normalized spacial score (nSPS) is 11.7. The first-order chi connectivity index (χ1) is 34.7. The molecule has 0 saturated heterocycles. The average molecular weight is 912 g/mol. The zero-order valence-electron chi connectivity index (χ0n) is 37.8. The van der Waals surface area contributed by atoms with E-state index in [9.17, 15) is 0 Å². The van der Waals surface area contributed by atoms with Crippen LogP contribution in [0.2, 0.25) is 0 Å². The molecule has 0 aliphatic rings. The molecule has 0 amide bonds. The lowest BCUT2D eigenvalue weighted by Gasteiger charge is -2.25. The fourth-order valence-corrected chi connectivity index (χ4v) is 11.6. The van der Waals surface area contributed by atoms with E-state index in [0.29, 0.717) is 5.95 Å². The molecule has 4 aromatic heterocycles. The van der Waals surface area contributed by atoms with Gasteiger partial charge in [0.05, 0.1) is 38.0 Å². The zero-order valence-corrected chi connectivity index (χ0v) is 38.6. The molecule has 4 heterocycles. The Balaban J connectivity index is 0.986. The van der Waals surface area contributed by atoms with Crippen molar-refractivity contribution in [1.82, 2.24) is 19.1 Å². The fourth-order valence-electron chi connectivity index (χ4n) is 10.5. The van der Waals surface area contributed by atoms with E-state index in [1.165, 1.54) is 32.8 Å². The highest BCUT2D eigenvalue weighted by molar-refractivity contribution is 7.22. The first kappa shape index (κ1) is 40.0. The van der Waals surface area contributed by atoms with Gasteiger partial charge in [-0.15, -0.1) is 11.3 Å². The van der Waals surface area contributed by atoms with Crippen LogP contribution in [0.1, 0.15) is 0 Å². The second-order valence-electron chi connectivity index (χ2n) is 17.8. The summed E-state index contributed by atoms with van der Waals surface area (Å²) in [5.74, 6) is 0.634. The molecule has 70 heavy (non-hydrogen) atoms. The van der Waals surface area contributed by atoms with Crippen LogP contribution in [-0.4, -0.2) is 19.1 Å². The van der Waals surface area contributed by atoms with Gasteiger partial charge in [0.2, 0.25) is 5.95 Å². The smallest absolute Gasteiger partial charge is 0.235 e. The molecule has 0 spiro atoms. The van der Waals surface area contributed by atoms with E-state index in [-0.39, 0.29) is 0 Å². The van der Waals surface area contributed by atoms with Crippen molar-refractivity contribution < 1.29 is 0 Å². The summed E-state index contributed by atoms with van der Waals surface area (Å²) in [6, 6.07) is 89.2. The maximum atomic E-state index is 5.62. The van der Waals surface area contributed by atoms with E-state index in [0.717, 1.165) is 87.4 Å². The third kappa shape index (κ3) is 6.53. The monoisotopic (exact) mass is 911 g/mol. The van der Waals surface area contributed by atoms with Gasteiger partial charge in [0, 0.05) is 54.7 Å². The van der Waals surface area contributed by atoms with Gasteiger partial charge in [0.15, 0.2) is 0 Å². The summed E-state index contributed by atoms with van der Waals surface area (Å²) < 4.78 is 5.72. The van der Waals surface area contributed by atoms with Crippen LogP contribution in [0.4, 0.5) is 17.1 Å². The molecule has 0 bridgehead atoms. The van der Waals surface area contributed by atoms with Crippen LogP contribution in [0, 0.1) is 0 Å². The van der Waals surface area contributed by atoms with Gasteiger partial charge < -0.3 is 9.47 Å². The molecule has 10 aromatic carbocycles. The molecule has 5 nitrogen and oxygen atoms in total. The number of benzene rings is 10. The van der Waals surface area contributed by atoms with Crippen LogP contribution in [0.5, 0.6) is 0 Å². The third-order valence-electron chi connectivity index (χ3n) is 13.7. The predicted molar refractivity (Wildman–Crippen MR) is 295 cm³/mol. The van der Waals surface area contributed by atoms with E-state index in [2.05, 4.69) is 263 Å². The molecule has 328 valence electrons. The summed E-state index contributed by atoms with van der Waals surface area (Å²) in [4.78, 5) is 14.6. The standard InChI is InChI=1S/C64H41N5S/c1-5-18-42(19-6-1)60-41-55-63(70-60)62(43-32-35-50(36-33-43)67(47-22-7-2-8-23-47)48-24-9-3-10-25-48)66-64(65-55)69-57-37-34-46(39-53(57)54-38-44-20-13-14-21-45(44)40-59(54)69)51-29-17-31-58-61(51)52-28-15-16-30-56(52)68(58)49-26-11-4-12-27-49/h1-41H. The number of rotatable bonds is 8. The van der Waals surface area contributed by atoms with Crippen LogP contribution in [0.3, 0.4) is 0 Å². The highest BCUT2D eigenvalue weighted by atomic mass is 32.1. The molecule has 0 radical (unpaired) electrons. The minimum atomic E-state index is 0.634. The summed E-state index contributed by atoms with van der Waals surface area (Å²) in [7, 11) is 0. The number of anilines is 3. The number of para-hydroxylation sites is 4. The van der Waals surface area contributed by atoms with Crippen molar-refractivity contribution in [3.8, 4) is 44.5 Å². The topological polar surface area (TPSA) is 38.9 Å². The Morgan fingerprint density at radius 3 is 1.70 bits per heavy atom. The lowest BCUT2D eigenvalue weighted by molar-refractivity contribution is 1.02. The Morgan fingerprint density at radius 1 is 0.371 bits per heavy atom. The van der Waals surface area contributed by atoms with Crippen molar-refractivity contribution in [2.75, 3.05) is 4.90 Å². The van der Waals surface area contributed by atoms with Crippen LogP contribution < -0.4 is 4.90 Å². The van der Waals surface area contributed by atoms with Gasteiger partial charge in [-0.2, -0.15) is 0 Å². The highest BCUT2D eigenvalue weighted by Crippen LogP contribution is 2.44. The van der Waals surface area contributed by atoms with E-state index in [4.69, 9.17) is 9.97 Å². The lowest BCUT2D eigenvalue weighted by Crippen LogP contribution is -2.09. The predicted octanol–water partition coefficient (Wildman–Crippen LogP) is 17.5. The van der Waals surface area contributed by atoms with E-state index in [1.807, 2.05) is 0 Å². The molecule has 6 heteroatoms. The Bertz CT molecular complexity index is 4230. The summed E-state index contributed by atoms with van der Waals surface area (Å²) in [6.07, 6.45) is 0. The molecule has 0 fully saturated rings. The van der Waals surface area contributed by atoms with Gasteiger partial charge in [-0.3, -0.25) is 4.57 Å². The van der Waals surface area contributed by atoms with Crippen molar-refractivity contribution in [3.05, 3.63) is 249 Å². The number of fused-ring (bicyclic) bond motifs is 8. The molecule has 0 aliphatic heterocycles. The van der Waals surface area contributed by atoms with E-state index < -0.39 is 0 Å². The minimum Gasteiger partial charge on any atom is -0.311 e. The first-order valence-corrected chi connectivity index (χ1v) is 24.5. The molecule has 0 aliphatic carbocycles. The molecule has 0 atom stereocenters. The van der Waals surface area contributed by atoms with Crippen LogP contribution in [-0.2, 0) is 0 Å². The Hall–Kier alpha value is -9.10. The summed E-state index contributed by atoms with van der Waals surface area (Å²) >= 11 is 1.75. The van der Waals surface area contributed by atoms with Gasteiger partial charge in [0.1, 0.15) is 0 Å². The van der Waals surface area contributed by atoms with Crippen LogP contribution in [0.15, 0.2) is 249 Å². The lowest BCUT2D eigenvalue weighted by atomic mass is 9.97. The second-order valence-corrected chi connectivity index (χ2v) is 18.8. The van der Waals surface area contributed by atoms with Crippen molar-refractivity contribution in [1.29, 1.82) is 0 Å². The van der Waals surface area contributed by atoms with Gasteiger partial charge in [-0.05, 0) is 118 Å². The highest BCUT2D eigenvalue weighted by Gasteiger charge is 2.23. The number of thiophene rings is 1. The van der Waals surface area contributed by atoms with Crippen molar-refractivity contribution in [2.24, 2.45) is 0 Å². The van der Waals surface area contributed by atoms with Crippen LogP contribution in [0.25, 0.3) is 109 Å². The number of hydrogen-bond donors (Lipinski definition) is 0. The van der Waals surface area contributed by atoms with Gasteiger partial charge in [-0.1, -0.05) is 158 Å². The van der Waals surface area contributed by atoms with Crippen LogP contribution >= 0.6 is 11.3 Å². The first-order valence-electron chi connectivity index (χ1n) is 23.6. The summed E-state index contributed by atoms with van der Waals surface area (Å²) in [5, 5.41) is 7.12. The number of nitrogens with zero attached hydrogens (tertiary/aromatic N) is 5. The molecular formula is C64H41N5S. The average Bonchev–Trinajstić information content (AvgIpc) is 4.11. The van der Waals surface area contributed by atoms with Crippen molar-refractivity contribution >= 4 is 93.0 Å². The summed E-state index contributed by atoms with van der Waals surface area (Å²) in [6.45, 7) is 0. The minimum absolute atomic E-state index is 0.634. The third-order valence-corrected chi connectivity index (χ3v) is 14.9. The number of aromatic nitrogens is 4. The van der Waals surface area contributed by atoms with Gasteiger partial charge >= 0.3 is 0 Å². The Morgan fingerprint density at radius 2 is 0.957 bits per heavy atom. The van der Waals surface area contributed by atoms with Crippen molar-refractivity contribution in [3.63, 3.8) is 0 Å². The molecule has 14 aromatic rings. The van der Waals surface area contributed by atoms with E-state index >= 15 is 0 Å². The van der Waals surface area contributed by atoms with Crippen molar-refractivity contribution in [2.45, 2.75) is 0 Å². The van der Waals surface area contributed by atoms with Gasteiger partial charge in [-0.25, -0.2) is 9.97 Å². The number of hydrogen-bond acceptors (Lipinski definition) is 4. The molecule has 0 saturated carbocycles. The maximum absolute atomic E-state index is 5.62. The Labute approximate surface area is 408 Å². The molecule has 14 rings (SSSR count). The maximum Gasteiger partial charge on any atom is 0.235 e. The van der Waals surface area contributed by atoms with E-state index in [1.54, 1.807) is 11.3 Å². The Kier molecular flexibility index (Phi) is 9.32. The SMILES string of the molecule is c1ccc(-c2cc3nc(-n4c5ccc(-c6cccc7c6c6ccccc6n7-c6ccccc6)cc5c5cc6ccccc6cc54)nc(-c4ccc(N(c5ccccc5)c5ccccc5)cc4)c3s2)cc1. The quantitative estimate of drug-likeness (QED) is 0.152. The molecule has 0 unspecified atom stereocenters. The zero-order chi connectivity index (χ0) is 46.1.